The van der Waals surface area contributed by atoms with Crippen LogP contribution in [0, 0.1) is 11.3 Å². The fraction of sp³-hybridized carbons (Fsp3) is 0.867. The van der Waals surface area contributed by atoms with E-state index in [1.165, 1.54) is 0 Å². The Morgan fingerprint density at radius 2 is 2.06 bits per heavy atom. The van der Waals surface area contributed by atoms with Crippen LogP contribution in [0.2, 0.25) is 0 Å². The summed E-state index contributed by atoms with van der Waals surface area (Å²) >= 11 is 0. The van der Waals surface area contributed by atoms with Crippen LogP contribution in [0.4, 0.5) is 0 Å². The molecule has 100 valence electrons. The molecule has 0 radical (unpaired) electrons. The molecule has 0 aliphatic heterocycles. The Balaban J connectivity index is 2.35. The average molecular weight is 239 g/mol. The van der Waals surface area contributed by atoms with E-state index in [2.05, 4.69) is 46.5 Å². The van der Waals surface area contributed by atoms with Crippen molar-refractivity contribution in [2.75, 3.05) is 6.61 Å². The van der Waals surface area contributed by atoms with Crippen molar-refractivity contribution in [3.05, 3.63) is 12.7 Å². The van der Waals surface area contributed by atoms with Gasteiger partial charge in [0.05, 0.1) is 6.10 Å². The fourth-order valence-electron chi connectivity index (χ4n) is 2.42. The van der Waals surface area contributed by atoms with Gasteiger partial charge in [-0.2, -0.15) is 0 Å². The monoisotopic (exact) mass is 239 g/mol. The zero-order chi connectivity index (χ0) is 13.1. The molecule has 0 aromatic carbocycles. The van der Waals surface area contributed by atoms with Crippen molar-refractivity contribution in [2.45, 2.75) is 65.6 Å². The summed E-state index contributed by atoms with van der Waals surface area (Å²) in [6.07, 6.45) is 4.57. The van der Waals surface area contributed by atoms with Gasteiger partial charge in [-0.1, -0.05) is 33.8 Å². The first kappa shape index (κ1) is 14.7. The molecule has 2 heteroatoms. The average Bonchev–Trinajstić information content (AvgIpc) is 2.22. The fourth-order valence-corrected chi connectivity index (χ4v) is 2.42. The Labute approximate surface area is 107 Å². The Hall–Kier alpha value is -0.340. The van der Waals surface area contributed by atoms with Crippen molar-refractivity contribution in [1.82, 2.24) is 5.32 Å². The predicted molar refractivity (Wildman–Crippen MR) is 74.2 cm³/mol. The highest BCUT2D eigenvalue weighted by atomic mass is 16.5. The van der Waals surface area contributed by atoms with E-state index in [0.29, 0.717) is 24.1 Å². The lowest BCUT2D eigenvalue weighted by Crippen LogP contribution is -2.62. The van der Waals surface area contributed by atoms with Crippen LogP contribution in [0.5, 0.6) is 0 Å². The summed E-state index contributed by atoms with van der Waals surface area (Å²) in [5.41, 5.74) is 0.254. The van der Waals surface area contributed by atoms with Crippen LogP contribution in [-0.4, -0.2) is 24.8 Å². The first-order valence-electron chi connectivity index (χ1n) is 6.86. The molecule has 3 unspecified atom stereocenters. The molecular weight excluding hydrogens is 210 g/mol. The Morgan fingerprint density at radius 1 is 1.41 bits per heavy atom. The minimum atomic E-state index is 0.254. The molecule has 0 aromatic heterocycles. The van der Waals surface area contributed by atoms with E-state index in [4.69, 9.17) is 4.74 Å². The zero-order valence-corrected chi connectivity index (χ0v) is 12.1. The number of rotatable bonds is 7. The molecular formula is C15H29NO. The van der Waals surface area contributed by atoms with Crippen LogP contribution in [0.15, 0.2) is 12.7 Å². The van der Waals surface area contributed by atoms with Gasteiger partial charge in [0.25, 0.3) is 0 Å². The quantitative estimate of drug-likeness (QED) is 0.688. The van der Waals surface area contributed by atoms with Gasteiger partial charge in [-0.25, -0.2) is 0 Å². The maximum absolute atomic E-state index is 5.97. The highest BCUT2D eigenvalue weighted by molar-refractivity contribution is 5.03. The minimum absolute atomic E-state index is 0.254. The molecule has 0 amide bonds. The lowest BCUT2D eigenvalue weighted by Gasteiger charge is -2.53. The maximum Gasteiger partial charge on any atom is 0.0656 e. The van der Waals surface area contributed by atoms with Crippen LogP contribution < -0.4 is 5.32 Å². The molecule has 1 N–H and O–H groups in total. The standard InChI is InChI=1S/C15H29NO/c1-7-8-12(4)16-13-9-14(15(13,5)6)17-10-11(2)3/h7,11-14,16H,1,8-10H2,2-6H3. The van der Waals surface area contributed by atoms with Crippen molar-refractivity contribution in [3.8, 4) is 0 Å². The molecule has 1 fully saturated rings. The highest BCUT2D eigenvalue weighted by Crippen LogP contribution is 2.43. The molecule has 1 saturated carbocycles. The smallest absolute Gasteiger partial charge is 0.0656 e. The lowest BCUT2D eigenvalue weighted by molar-refractivity contribution is -0.125. The van der Waals surface area contributed by atoms with E-state index in [1.807, 2.05) is 6.08 Å². The number of nitrogens with one attached hydrogen (secondary N) is 1. The first-order valence-corrected chi connectivity index (χ1v) is 6.86. The molecule has 0 saturated heterocycles. The van der Waals surface area contributed by atoms with Gasteiger partial charge in [0.2, 0.25) is 0 Å². The summed E-state index contributed by atoms with van der Waals surface area (Å²) in [6, 6.07) is 1.09. The van der Waals surface area contributed by atoms with Gasteiger partial charge in [-0.3, -0.25) is 0 Å². The van der Waals surface area contributed by atoms with Crippen LogP contribution >= 0.6 is 0 Å². The van der Waals surface area contributed by atoms with Crippen LogP contribution in [0.1, 0.15) is 47.5 Å². The van der Waals surface area contributed by atoms with Crippen molar-refractivity contribution < 1.29 is 4.74 Å². The lowest BCUT2D eigenvalue weighted by atomic mass is 9.64. The van der Waals surface area contributed by atoms with Gasteiger partial charge in [0, 0.05) is 24.1 Å². The number of hydrogen-bond acceptors (Lipinski definition) is 2. The molecule has 0 heterocycles. The molecule has 1 rings (SSSR count). The Kier molecular flexibility index (Phi) is 5.21. The Morgan fingerprint density at radius 3 is 2.53 bits per heavy atom. The van der Waals surface area contributed by atoms with E-state index in [0.717, 1.165) is 19.4 Å². The molecule has 1 aliphatic carbocycles. The summed E-state index contributed by atoms with van der Waals surface area (Å²) in [7, 11) is 0. The van der Waals surface area contributed by atoms with Gasteiger partial charge in [-0.15, -0.1) is 6.58 Å². The van der Waals surface area contributed by atoms with Crippen molar-refractivity contribution in [3.63, 3.8) is 0 Å². The zero-order valence-electron chi connectivity index (χ0n) is 12.1. The topological polar surface area (TPSA) is 21.3 Å². The maximum atomic E-state index is 5.97. The summed E-state index contributed by atoms with van der Waals surface area (Å²) in [5, 5.41) is 3.67. The summed E-state index contributed by atoms with van der Waals surface area (Å²) in [6.45, 7) is 15.9. The first-order chi connectivity index (χ1) is 7.87. The van der Waals surface area contributed by atoms with Gasteiger partial charge < -0.3 is 10.1 Å². The van der Waals surface area contributed by atoms with E-state index >= 15 is 0 Å². The SMILES string of the molecule is C=CCC(C)NC1CC(OCC(C)C)C1(C)C. The van der Waals surface area contributed by atoms with E-state index in [-0.39, 0.29) is 5.41 Å². The van der Waals surface area contributed by atoms with Gasteiger partial charge in [0.1, 0.15) is 0 Å². The highest BCUT2D eigenvalue weighted by Gasteiger charge is 2.49. The molecule has 0 spiro atoms. The van der Waals surface area contributed by atoms with Crippen LogP contribution in [0.25, 0.3) is 0 Å². The number of ether oxygens (including phenoxy) is 1. The van der Waals surface area contributed by atoms with Crippen molar-refractivity contribution in [1.29, 1.82) is 0 Å². The summed E-state index contributed by atoms with van der Waals surface area (Å²) in [4.78, 5) is 0. The van der Waals surface area contributed by atoms with E-state index in [1.54, 1.807) is 0 Å². The molecule has 2 nitrogen and oxygen atoms in total. The normalized spacial score (nSPS) is 28.8. The second-order valence-corrected chi connectivity index (χ2v) is 6.42. The Bertz CT molecular complexity index is 247. The third-order valence-electron chi connectivity index (χ3n) is 3.81. The van der Waals surface area contributed by atoms with Gasteiger partial charge in [-0.05, 0) is 25.7 Å². The van der Waals surface area contributed by atoms with Crippen LogP contribution in [0.3, 0.4) is 0 Å². The van der Waals surface area contributed by atoms with Crippen LogP contribution in [-0.2, 0) is 4.74 Å². The largest absolute Gasteiger partial charge is 0.377 e. The summed E-state index contributed by atoms with van der Waals surface area (Å²) < 4.78 is 5.97. The molecule has 3 atom stereocenters. The number of hydrogen-bond donors (Lipinski definition) is 1. The minimum Gasteiger partial charge on any atom is -0.377 e. The second kappa shape index (κ2) is 6.01. The molecule has 0 aromatic rings. The predicted octanol–water partition coefficient (Wildman–Crippen LogP) is 3.38. The molecule has 0 bridgehead atoms. The third kappa shape index (κ3) is 3.82. The summed E-state index contributed by atoms with van der Waals surface area (Å²) in [5.74, 6) is 0.623. The van der Waals surface area contributed by atoms with Gasteiger partial charge >= 0.3 is 0 Å². The van der Waals surface area contributed by atoms with E-state index < -0.39 is 0 Å². The molecule has 17 heavy (non-hydrogen) atoms. The van der Waals surface area contributed by atoms with Gasteiger partial charge in [0.15, 0.2) is 0 Å². The van der Waals surface area contributed by atoms with Crippen molar-refractivity contribution >= 4 is 0 Å². The molecule has 1 aliphatic rings. The third-order valence-corrected chi connectivity index (χ3v) is 3.81. The second-order valence-electron chi connectivity index (χ2n) is 6.42. The van der Waals surface area contributed by atoms with Crippen molar-refractivity contribution in [2.24, 2.45) is 11.3 Å². The van der Waals surface area contributed by atoms with E-state index in [9.17, 15) is 0 Å².